The van der Waals surface area contributed by atoms with E-state index in [1.807, 2.05) is 30.3 Å². The van der Waals surface area contributed by atoms with E-state index in [2.05, 4.69) is 4.98 Å². The second-order valence-electron chi connectivity index (χ2n) is 5.30. The molecule has 0 bridgehead atoms. The fraction of sp³-hybridized carbons (Fsp3) is 0.111. The fourth-order valence-electron chi connectivity index (χ4n) is 2.46. The van der Waals surface area contributed by atoms with E-state index in [0.717, 1.165) is 5.56 Å². The highest BCUT2D eigenvalue weighted by atomic mass is 16.4. The molecule has 5 heteroatoms. The molecule has 0 fully saturated rings. The van der Waals surface area contributed by atoms with Crippen LogP contribution in [0.2, 0.25) is 0 Å². The Kier molecular flexibility index (Phi) is 3.85. The van der Waals surface area contributed by atoms with Gasteiger partial charge in [-0.3, -0.25) is 0 Å². The molecule has 5 nitrogen and oxygen atoms in total. The Morgan fingerprint density at radius 1 is 1.13 bits per heavy atom. The number of pyridine rings is 1. The first-order chi connectivity index (χ1) is 11.1. The van der Waals surface area contributed by atoms with Gasteiger partial charge in [-0.05, 0) is 23.8 Å². The quantitative estimate of drug-likeness (QED) is 0.794. The van der Waals surface area contributed by atoms with E-state index in [4.69, 9.17) is 4.42 Å². The van der Waals surface area contributed by atoms with Crippen molar-refractivity contribution in [3.05, 3.63) is 60.4 Å². The molecule has 1 aromatic carbocycles. The van der Waals surface area contributed by atoms with Crippen LogP contribution >= 0.6 is 0 Å². The summed E-state index contributed by atoms with van der Waals surface area (Å²) in [6.07, 6.45) is 1.57. The summed E-state index contributed by atoms with van der Waals surface area (Å²) in [5.74, 6) is -0.0153. The zero-order valence-electron chi connectivity index (χ0n) is 12.9. The van der Waals surface area contributed by atoms with Crippen LogP contribution in [0.1, 0.15) is 10.4 Å². The Hall–Kier alpha value is -3.08. The normalized spacial score (nSPS) is 10.5. The van der Waals surface area contributed by atoms with Gasteiger partial charge in [0.25, 0.3) is 0 Å². The summed E-state index contributed by atoms with van der Waals surface area (Å²) in [5, 5.41) is 9.69. The van der Waals surface area contributed by atoms with Crippen molar-refractivity contribution in [2.24, 2.45) is 0 Å². The van der Waals surface area contributed by atoms with Crippen LogP contribution in [0.3, 0.4) is 0 Å². The molecule has 0 aliphatic carbocycles. The van der Waals surface area contributed by atoms with Gasteiger partial charge in [-0.1, -0.05) is 30.3 Å². The SMILES string of the molecule is CN(C)c1nc(-c2ccco2)cc(-c2ccccc2)c1C(=O)O. The van der Waals surface area contributed by atoms with Crippen molar-refractivity contribution < 1.29 is 14.3 Å². The van der Waals surface area contributed by atoms with Crippen LogP contribution in [0.25, 0.3) is 22.6 Å². The number of nitrogens with zero attached hydrogens (tertiary/aromatic N) is 2. The third-order valence-electron chi connectivity index (χ3n) is 3.50. The average Bonchev–Trinajstić information content (AvgIpc) is 3.08. The molecule has 3 aromatic rings. The summed E-state index contributed by atoms with van der Waals surface area (Å²) in [6.45, 7) is 0. The number of benzene rings is 1. The van der Waals surface area contributed by atoms with Gasteiger partial charge in [0.05, 0.1) is 6.26 Å². The van der Waals surface area contributed by atoms with Crippen molar-refractivity contribution in [2.75, 3.05) is 19.0 Å². The van der Waals surface area contributed by atoms with Crippen molar-refractivity contribution in [3.8, 4) is 22.6 Å². The van der Waals surface area contributed by atoms with Crippen molar-refractivity contribution in [1.82, 2.24) is 4.98 Å². The van der Waals surface area contributed by atoms with Crippen LogP contribution in [0, 0.1) is 0 Å². The average molecular weight is 308 g/mol. The van der Waals surface area contributed by atoms with Crippen molar-refractivity contribution in [1.29, 1.82) is 0 Å². The first kappa shape index (κ1) is 14.8. The Morgan fingerprint density at radius 2 is 1.87 bits per heavy atom. The van der Waals surface area contributed by atoms with E-state index >= 15 is 0 Å². The number of anilines is 1. The molecular weight excluding hydrogens is 292 g/mol. The van der Waals surface area contributed by atoms with Crippen LogP contribution in [0.15, 0.2) is 59.2 Å². The second kappa shape index (κ2) is 5.96. The standard InChI is InChI=1S/C18H16N2O3/c1-20(2)17-16(18(21)22)13(12-7-4-3-5-8-12)11-14(19-17)15-9-6-10-23-15/h3-11H,1-2H3,(H,21,22). The third-order valence-corrected chi connectivity index (χ3v) is 3.50. The third kappa shape index (κ3) is 2.81. The Balaban J connectivity index is 2.32. The largest absolute Gasteiger partial charge is 0.478 e. The molecule has 0 saturated heterocycles. The number of furan rings is 1. The zero-order valence-corrected chi connectivity index (χ0v) is 12.9. The summed E-state index contributed by atoms with van der Waals surface area (Å²) in [7, 11) is 3.55. The lowest BCUT2D eigenvalue weighted by atomic mass is 9.99. The highest BCUT2D eigenvalue weighted by molar-refractivity contribution is 6.01. The number of hydrogen-bond acceptors (Lipinski definition) is 4. The van der Waals surface area contributed by atoms with Gasteiger partial charge in [-0.25, -0.2) is 9.78 Å². The second-order valence-corrected chi connectivity index (χ2v) is 5.30. The van der Waals surface area contributed by atoms with Crippen molar-refractivity contribution >= 4 is 11.8 Å². The molecule has 0 saturated carbocycles. The minimum absolute atomic E-state index is 0.177. The Labute approximate surface area is 133 Å². The lowest BCUT2D eigenvalue weighted by Crippen LogP contribution is -2.17. The molecule has 0 atom stereocenters. The molecule has 0 unspecified atom stereocenters. The van der Waals surface area contributed by atoms with E-state index in [9.17, 15) is 9.90 Å². The van der Waals surface area contributed by atoms with Gasteiger partial charge in [-0.15, -0.1) is 0 Å². The van der Waals surface area contributed by atoms with Gasteiger partial charge in [0.2, 0.25) is 0 Å². The predicted molar refractivity (Wildman–Crippen MR) is 88.7 cm³/mol. The minimum Gasteiger partial charge on any atom is -0.478 e. The lowest BCUT2D eigenvalue weighted by molar-refractivity contribution is 0.0698. The highest BCUT2D eigenvalue weighted by Crippen LogP contribution is 2.33. The number of hydrogen-bond donors (Lipinski definition) is 1. The van der Waals surface area contributed by atoms with Crippen LogP contribution < -0.4 is 4.90 Å². The Bertz CT molecular complexity index is 825. The molecule has 23 heavy (non-hydrogen) atoms. The maximum atomic E-state index is 11.8. The first-order valence-corrected chi connectivity index (χ1v) is 7.13. The molecule has 2 aromatic heterocycles. The van der Waals surface area contributed by atoms with Crippen LogP contribution in [-0.2, 0) is 0 Å². The molecular formula is C18H16N2O3. The molecule has 3 rings (SSSR count). The summed E-state index contributed by atoms with van der Waals surface area (Å²) < 4.78 is 5.42. The topological polar surface area (TPSA) is 66.6 Å². The molecule has 0 spiro atoms. The van der Waals surface area contributed by atoms with Gasteiger partial charge in [0.1, 0.15) is 17.1 Å². The number of carboxylic acids is 1. The molecule has 1 N–H and O–H groups in total. The summed E-state index contributed by atoms with van der Waals surface area (Å²) >= 11 is 0. The van der Waals surface area contributed by atoms with Gasteiger partial charge >= 0.3 is 5.97 Å². The van der Waals surface area contributed by atoms with Gasteiger partial charge in [-0.2, -0.15) is 0 Å². The van der Waals surface area contributed by atoms with E-state index in [1.54, 1.807) is 43.5 Å². The Morgan fingerprint density at radius 3 is 2.43 bits per heavy atom. The zero-order chi connectivity index (χ0) is 16.4. The number of aromatic nitrogens is 1. The number of aromatic carboxylic acids is 1. The lowest BCUT2D eigenvalue weighted by Gasteiger charge is -2.18. The molecule has 0 aliphatic rings. The molecule has 0 radical (unpaired) electrons. The van der Waals surface area contributed by atoms with Crippen molar-refractivity contribution in [2.45, 2.75) is 0 Å². The van der Waals surface area contributed by atoms with Gasteiger partial charge in [0.15, 0.2) is 5.76 Å². The fourth-order valence-corrected chi connectivity index (χ4v) is 2.46. The summed E-state index contributed by atoms with van der Waals surface area (Å²) in [4.78, 5) is 18.0. The van der Waals surface area contributed by atoms with Crippen molar-refractivity contribution in [3.63, 3.8) is 0 Å². The number of rotatable bonds is 4. The maximum Gasteiger partial charge on any atom is 0.340 e. The number of carboxylic acid groups (broad SMARTS) is 1. The molecule has 2 heterocycles. The van der Waals surface area contributed by atoms with E-state index in [1.165, 1.54) is 0 Å². The van der Waals surface area contributed by atoms with E-state index < -0.39 is 5.97 Å². The maximum absolute atomic E-state index is 11.8. The minimum atomic E-state index is -1.01. The number of carbonyl (C=O) groups is 1. The molecule has 116 valence electrons. The first-order valence-electron chi connectivity index (χ1n) is 7.13. The van der Waals surface area contributed by atoms with Crippen LogP contribution in [-0.4, -0.2) is 30.2 Å². The monoisotopic (exact) mass is 308 g/mol. The summed E-state index contributed by atoms with van der Waals surface area (Å²) in [6, 6.07) is 14.7. The smallest absolute Gasteiger partial charge is 0.340 e. The van der Waals surface area contributed by atoms with Crippen LogP contribution in [0.5, 0.6) is 0 Å². The van der Waals surface area contributed by atoms with Gasteiger partial charge in [0, 0.05) is 19.7 Å². The van der Waals surface area contributed by atoms with Crippen LogP contribution in [0.4, 0.5) is 5.82 Å². The summed E-state index contributed by atoms with van der Waals surface area (Å²) in [5.41, 5.74) is 2.21. The molecule has 0 amide bonds. The van der Waals surface area contributed by atoms with Gasteiger partial charge < -0.3 is 14.4 Å². The predicted octanol–water partition coefficient (Wildman–Crippen LogP) is 3.77. The van der Waals surface area contributed by atoms with E-state index in [0.29, 0.717) is 22.8 Å². The highest BCUT2D eigenvalue weighted by Gasteiger charge is 2.22. The van der Waals surface area contributed by atoms with E-state index in [-0.39, 0.29) is 5.56 Å². The molecule has 0 aliphatic heterocycles.